The summed E-state index contributed by atoms with van der Waals surface area (Å²) in [5.41, 5.74) is 3.04. The minimum absolute atomic E-state index is 0.0960. The molecule has 7 nitrogen and oxygen atoms in total. The minimum Gasteiger partial charge on any atom is -0.354 e. The Morgan fingerprint density at radius 3 is 2.13 bits per heavy atom. The Labute approximate surface area is 232 Å². The van der Waals surface area contributed by atoms with Crippen molar-refractivity contribution >= 4 is 27.5 Å². The minimum atomic E-state index is -4.08. The van der Waals surface area contributed by atoms with Gasteiger partial charge in [-0.15, -0.1) is 0 Å². The van der Waals surface area contributed by atoms with Crippen molar-refractivity contribution in [3.8, 4) is 0 Å². The predicted octanol–water partition coefficient (Wildman–Crippen LogP) is 5.08. The number of rotatable bonds is 12. The zero-order chi connectivity index (χ0) is 28.6. The summed E-state index contributed by atoms with van der Waals surface area (Å²) in [6.45, 7) is 9.84. The number of nitrogens with zero attached hydrogens (tertiary/aromatic N) is 2. The van der Waals surface area contributed by atoms with Gasteiger partial charge in [-0.2, -0.15) is 0 Å². The van der Waals surface area contributed by atoms with Gasteiger partial charge in [-0.3, -0.25) is 13.9 Å². The van der Waals surface area contributed by atoms with Gasteiger partial charge in [0.1, 0.15) is 12.6 Å². The Kier molecular flexibility index (Phi) is 10.3. The summed E-state index contributed by atoms with van der Waals surface area (Å²) in [5.74, 6) is -0.456. The number of hydrogen-bond acceptors (Lipinski definition) is 4. The topological polar surface area (TPSA) is 86.8 Å². The summed E-state index contributed by atoms with van der Waals surface area (Å²) < 4.78 is 28.9. The van der Waals surface area contributed by atoms with Crippen LogP contribution >= 0.6 is 0 Å². The van der Waals surface area contributed by atoms with E-state index in [0.29, 0.717) is 18.7 Å². The number of benzene rings is 3. The van der Waals surface area contributed by atoms with Crippen molar-refractivity contribution in [3.05, 3.63) is 95.6 Å². The second-order valence-corrected chi connectivity index (χ2v) is 12.1. The van der Waals surface area contributed by atoms with Crippen molar-refractivity contribution in [1.29, 1.82) is 0 Å². The van der Waals surface area contributed by atoms with Crippen LogP contribution in [0.15, 0.2) is 83.8 Å². The fourth-order valence-electron chi connectivity index (χ4n) is 4.27. The van der Waals surface area contributed by atoms with Crippen molar-refractivity contribution < 1.29 is 18.0 Å². The number of carbonyl (C=O) groups excluding carboxylic acids is 2. The van der Waals surface area contributed by atoms with E-state index in [9.17, 15) is 18.0 Å². The molecule has 3 rings (SSSR count). The average Bonchev–Trinajstić information content (AvgIpc) is 2.91. The smallest absolute Gasteiger partial charge is 0.264 e. The highest BCUT2D eigenvalue weighted by molar-refractivity contribution is 7.92. The van der Waals surface area contributed by atoms with Crippen molar-refractivity contribution in [2.45, 2.75) is 58.5 Å². The van der Waals surface area contributed by atoms with Crippen molar-refractivity contribution in [2.24, 2.45) is 5.92 Å². The molecule has 0 aliphatic carbocycles. The molecule has 0 heterocycles. The van der Waals surface area contributed by atoms with Crippen LogP contribution in [0.1, 0.15) is 43.9 Å². The normalized spacial score (nSPS) is 12.2. The molecule has 1 atom stereocenters. The maximum Gasteiger partial charge on any atom is 0.264 e. The lowest BCUT2D eigenvalue weighted by Gasteiger charge is -2.33. The van der Waals surface area contributed by atoms with Crippen LogP contribution in [0.3, 0.4) is 0 Å². The third kappa shape index (κ3) is 7.93. The molecule has 3 aromatic rings. The first kappa shape index (κ1) is 29.9. The molecule has 0 saturated carbocycles. The van der Waals surface area contributed by atoms with Gasteiger partial charge < -0.3 is 10.2 Å². The molecule has 3 aromatic carbocycles. The monoisotopic (exact) mass is 549 g/mol. The number of hydrogen-bond donors (Lipinski definition) is 1. The van der Waals surface area contributed by atoms with Crippen molar-refractivity contribution in [1.82, 2.24) is 10.2 Å². The first-order valence-electron chi connectivity index (χ1n) is 13.3. The van der Waals surface area contributed by atoms with E-state index in [2.05, 4.69) is 5.32 Å². The number of aryl methyl sites for hydroxylation is 2. The Morgan fingerprint density at radius 1 is 0.872 bits per heavy atom. The summed E-state index contributed by atoms with van der Waals surface area (Å²) >= 11 is 0. The highest BCUT2D eigenvalue weighted by atomic mass is 32.2. The molecule has 0 unspecified atom stereocenters. The zero-order valence-electron chi connectivity index (χ0n) is 23.4. The average molecular weight is 550 g/mol. The lowest BCUT2D eigenvalue weighted by atomic mass is 10.1. The third-order valence-electron chi connectivity index (χ3n) is 6.44. The van der Waals surface area contributed by atoms with Gasteiger partial charge in [-0.1, -0.05) is 80.9 Å². The van der Waals surface area contributed by atoms with Crippen LogP contribution in [0.4, 0.5) is 5.69 Å². The van der Waals surface area contributed by atoms with Gasteiger partial charge in [0.25, 0.3) is 10.0 Å². The fraction of sp³-hybridized carbons (Fsp3) is 0.355. The molecular weight excluding hydrogens is 510 g/mol. The molecule has 0 aliphatic heterocycles. The quantitative estimate of drug-likeness (QED) is 0.341. The molecular formula is C31H39N3O4S. The first-order valence-corrected chi connectivity index (χ1v) is 14.7. The highest BCUT2D eigenvalue weighted by Crippen LogP contribution is 2.26. The molecule has 0 saturated heterocycles. The zero-order valence-corrected chi connectivity index (χ0v) is 24.2. The molecule has 39 heavy (non-hydrogen) atoms. The molecule has 0 fully saturated rings. The molecule has 8 heteroatoms. The van der Waals surface area contributed by atoms with Crippen LogP contribution in [0, 0.1) is 19.8 Å². The van der Waals surface area contributed by atoms with E-state index in [1.54, 1.807) is 42.5 Å². The first-order chi connectivity index (χ1) is 18.5. The van der Waals surface area contributed by atoms with E-state index in [0.717, 1.165) is 21.0 Å². The molecule has 0 spiro atoms. The Morgan fingerprint density at radius 2 is 1.54 bits per heavy atom. The summed E-state index contributed by atoms with van der Waals surface area (Å²) in [6.07, 6.45) is 0.387. The van der Waals surface area contributed by atoms with Gasteiger partial charge in [0.2, 0.25) is 11.8 Å². The van der Waals surface area contributed by atoms with Crippen LogP contribution in [-0.2, 0) is 26.2 Å². The van der Waals surface area contributed by atoms with E-state index >= 15 is 0 Å². The van der Waals surface area contributed by atoms with Gasteiger partial charge in [0.15, 0.2) is 0 Å². The molecule has 2 amide bonds. The van der Waals surface area contributed by atoms with Gasteiger partial charge >= 0.3 is 0 Å². The number of amides is 2. The Balaban J connectivity index is 2.03. The fourth-order valence-corrected chi connectivity index (χ4v) is 5.68. The van der Waals surface area contributed by atoms with Gasteiger partial charge in [-0.05, 0) is 61.6 Å². The molecule has 0 bridgehead atoms. The predicted molar refractivity (Wildman–Crippen MR) is 156 cm³/mol. The van der Waals surface area contributed by atoms with E-state index < -0.39 is 28.5 Å². The molecule has 0 radical (unpaired) electrons. The Bertz CT molecular complexity index is 1360. The molecule has 208 valence electrons. The van der Waals surface area contributed by atoms with Crippen LogP contribution in [0.5, 0.6) is 0 Å². The van der Waals surface area contributed by atoms with Crippen LogP contribution in [0.2, 0.25) is 0 Å². The standard InChI is InChI=1S/C31H39N3O4S/c1-6-29(31(36)32-20-23(2)3)33(21-26-12-8-7-9-13-26)30(35)22-34(27-14-10-11-25(5)19-27)39(37,38)28-17-15-24(4)16-18-28/h7-19,23,29H,6,20-22H2,1-5H3,(H,32,36)/t29-/m1/s1. The van der Waals surface area contributed by atoms with Crippen molar-refractivity contribution in [2.75, 3.05) is 17.4 Å². The summed E-state index contributed by atoms with van der Waals surface area (Å²) in [5, 5.41) is 2.94. The summed E-state index contributed by atoms with van der Waals surface area (Å²) in [7, 11) is -4.08. The molecule has 0 aromatic heterocycles. The van der Waals surface area contributed by atoms with E-state index in [4.69, 9.17) is 0 Å². The Hall–Kier alpha value is -3.65. The lowest BCUT2D eigenvalue weighted by molar-refractivity contribution is -0.140. The molecule has 1 N–H and O–H groups in total. The largest absolute Gasteiger partial charge is 0.354 e. The highest BCUT2D eigenvalue weighted by Gasteiger charge is 2.33. The summed E-state index contributed by atoms with van der Waals surface area (Å²) in [6, 6.07) is 22.3. The van der Waals surface area contributed by atoms with Crippen molar-refractivity contribution in [3.63, 3.8) is 0 Å². The maximum absolute atomic E-state index is 14.0. The van der Waals surface area contributed by atoms with Gasteiger partial charge in [0, 0.05) is 13.1 Å². The number of sulfonamides is 1. The van der Waals surface area contributed by atoms with E-state index in [1.807, 2.05) is 71.0 Å². The lowest BCUT2D eigenvalue weighted by Crippen LogP contribution is -2.52. The van der Waals surface area contributed by atoms with E-state index in [1.165, 1.54) is 4.90 Å². The number of nitrogens with one attached hydrogen (secondary N) is 1. The van der Waals surface area contributed by atoms with Crippen LogP contribution in [0.25, 0.3) is 0 Å². The van der Waals surface area contributed by atoms with Crippen LogP contribution in [-0.4, -0.2) is 44.3 Å². The maximum atomic E-state index is 14.0. The number of anilines is 1. The summed E-state index contributed by atoms with van der Waals surface area (Å²) in [4.78, 5) is 28.9. The van der Waals surface area contributed by atoms with Gasteiger partial charge in [-0.25, -0.2) is 8.42 Å². The number of carbonyl (C=O) groups is 2. The van der Waals surface area contributed by atoms with E-state index in [-0.39, 0.29) is 23.3 Å². The van der Waals surface area contributed by atoms with Gasteiger partial charge in [0.05, 0.1) is 10.6 Å². The second-order valence-electron chi connectivity index (χ2n) is 10.2. The SMILES string of the molecule is CC[C@H](C(=O)NCC(C)C)N(Cc1ccccc1)C(=O)CN(c1cccc(C)c1)S(=O)(=O)c1ccc(C)cc1. The third-order valence-corrected chi connectivity index (χ3v) is 8.23. The van der Waals surface area contributed by atoms with Crippen LogP contribution < -0.4 is 9.62 Å². The molecule has 0 aliphatic rings. The second kappa shape index (κ2) is 13.4.